The Labute approximate surface area is 171 Å². The van der Waals surface area contributed by atoms with Gasteiger partial charge < -0.3 is 10.1 Å². The van der Waals surface area contributed by atoms with Gasteiger partial charge >= 0.3 is 0 Å². The highest BCUT2D eigenvalue weighted by atomic mass is 35.5. The number of thioether (sulfide) groups is 1. The van der Waals surface area contributed by atoms with E-state index in [0.717, 1.165) is 6.42 Å². The van der Waals surface area contributed by atoms with Crippen molar-refractivity contribution in [1.82, 2.24) is 14.9 Å². The van der Waals surface area contributed by atoms with Crippen LogP contribution in [0.15, 0.2) is 52.4 Å². The summed E-state index contributed by atoms with van der Waals surface area (Å²) in [5, 5.41) is 4.13. The molecule has 1 amide bonds. The Kier molecular flexibility index (Phi) is 6.59. The molecule has 8 heteroatoms. The molecule has 0 unspecified atom stereocenters. The zero-order valence-electron chi connectivity index (χ0n) is 15.6. The molecule has 3 rings (SSSR count). The molecule has 0 saturated carbocycles. The second kappa shape index (κ2) is 9.12. The average molecular weight is 418 g/mol. The molecule has 0 bridgehead atoms. The molecule has 0 radical (unpaired) electrons. The fourth-order valence-corrected chi connectivity index (χ4v) is 3.77. The number of carbonyl (C=O) groups excluding carboxylic acids is 1. The zero-order chi connectivity index (χ0) is 20.1. The van der Waals surface area contributed by atoms with Gasteiger partial charge in [0.1, 0.15) is 5.75 Å². The number of nitrogens with one attached hydrogen (secondary N) is 1. The van der Waals surface area contributed by atoms with Crippen LogP contribution in [0.1, 0.15) is 13.3 Å². The van der Waals surface area contributed by atoms with Gasteiger partial charge in [0, 0.05) is 6.54 Å². The van der Waals surface area contributed by atoms with Crippen molar-refractivity contribution in [2.24, 2.45) is 0 Å². The molecule has 3 aromatic rings. The number of nitrogens with zero attached hydrogens (tertiary/aromatic N) is 2. The van der Waals surface area contributed by atoms with E-state index < -0.39 is 0 Å². The fourth-order valence-electron chi connectivity index (χ4n) is 2.68. The van der Waals surface area contributed by atoms with Crippen molar-refractivity contribution in [2.45, 2.75) is 18.5 Å². The standard InChI is InChI=1S/C20H20ClN3O3S/c1-3-10-22-18(25)12-28-20-23-16-7-5-4-6-14(16)19(26)24(20)13-8-9-17(27-2)15(21)11-13/h4-9,11H,3,10,12H2,1-2H3,(H,22,25). The lowest BCUT2D eigenvalue weighted by Gasteiger charge is -2.14. The van der Waals surface area contributed by atoms with Crippen LogP contribution >= 0.6 is 23.4 Å². The minimum absolute atomic E-state index is 0.103. The molecule has 0 fully saturated rings. The molecule has 0 spiro atoms. The van der Waals surface area contributed by atoms with Crippen LogP contribution in [-0.4, -0.2) is 34.9 Å². The average Bonchev–Trinajstić information content (AvgIpc) is 2.70. The van der Waals surface area contributed by atoms with E-state index in [1.165, 1.54) is 23.4 Å². The number of fused-ring (bicyclic) bond motifs is 1. The van der Waals surface area contributed by atoms with Crippen LogP contribution in [0, 0.1) is 0 Å². The van der Waals surface area contributed by atoms with Gasteiger partial charge in [-0.05, 0) is 36.8 Å². The first-order valence-electron chi connectivity index (χ1n) is 8.80. The van der Waals surface area contributed by atoms with Gasteiger partial charge in [-0.15, -0.1) is 0 Å². The molecule has 6 nitrogen and oxygen atoms in total. The monoisotopic (exact) mass is 417 g/mol. The van der Waals surface area contributed by atoms with Crippen molar-refractivity contribution in [2.75, 3.05) is 19.4 Å². The summed E-state index contributed by atoms with van der Waals surface area (Å²) in [6, 6.07) is 12.2. The number of carbonyl (C=O) groups is 1. The first-order valence-corrected chi connectivity index (χ1v) is 10.2. The molecule has 2 aromatic carbocycles. The van der Waals surface area contributed by atoms with E-state index in [2.05, 4.69) is 10.3 Å². The van der Waals surface area contributed by atoms with Gasteiger partial charge in [0.25, 0.3) is 5.56 Å². The van der Waals surface area contributed by atoms with E-state index in [1.807, 2.05) is 13.0 Å². The van der Waals surface area contributed by atoms with Crippen LogP contribution in [-0.2, 0) is 4.79 Å². The molecule has 0 aliphatic heterocycles. The Hall–Kier alpha value is -2.51. The molecular weight excluding hydrogens is 398 g/mol. The number of rotatable bonds is 7. The Morgan fingerprint density at radius 3 is 2.79 bits per heavy atom. The van der Waals surface area contributed by atoms with Gasteiger partial charge in [-0.1, -0.05) is 42.4 Å². The van der Waals surface area contributed by atoms with Crippen LogP contribution in [0.5, 0.6) is 5.75 Å². The minimum Gasteiger partial charge on any atom is -0.495 e. The highest BCUT2D eigenvalue weighted by Gasteiger charge is 2.15. The van der Waals surface area contributed by atoms with Crippen LogP contribution in [0.25, 0.3) is 16.6 Å². The third kappa shape index (κ3) is 4.31. The third-order valence-electron chi connectivity index (χ3n) is 4.04. The number of benzene rings is 2. The Morgan fingerprint density at radius 2 is 2.07 bits per heavy atom. The van der Waals surface area contributed by atoms with Crippen LogP contribution < -0.4 is 15.6 Å². The lowest BCUT2D eigenvalue weighted by Crippen LogP contribution is -2.27. The van der Waals surface area contributed by atoms with Gasteiger partial charge in [-0.2, -0.15) is 0 Å². The maximum atomic E-state index is 13.2. The maximum Gasteiger partial charge on any atom is 0.266 e. The molecule has 0 saturated heterocycles. The summed E-state index contributed by atoms with van der Waals surface area (Å²) < 4.78 is 6.67. The number of halogens is 1. The van der Waals surface area contributed by atoms with Crippen molar-refractivity contribution >= 4 is 40.2 Å². The van der Waals surface area contributed by atoms with Crippen molar-refractivity contribution < 1.29 is 9.53 Å². The number of para-hydroxylation sites is 1. The van der Waals surface area contributed by atoms with Gasteiger partial charge in [0.2, 0.25) is 5.91 Å². The second-order valence-electron chi connectivity index (χ2n) is 6.01. The molecule has 0 atom stereocenters. The normalized spacial score (nSPS) is 10.8. The Morgan fingerprint density at radius 1 is 1.29 bits per heavy atom. The van der Waals surface area contributed by atoms with Gasteiger partial charge in [-0.3, -0.25) is 14.2 Å². The summed E-state index contributed by atoms with van der Waals surface area (Å²) in [4.78, 5) is 29.8. The van der Waals surface area contributed by atoms with Crippen LogP contribution in [0.2, 0.25) is 5.02 Å². The van der Waals surface area contributed by atoms with Crippen LogP contribution in [0.3, 0.4) is 0 Å². The highest BCUT2D eigenvalue weighted by molar-refractivity contribution is 7.99. The van der Waals surface area contributed by atoms with E-state index in [9.17, 15) is 9.59 Å². The first kappa shape index (κ1) is 20.2. The fraction of sp³-hybridized carbons (Fsp3) is 0.250. The van der Waals surface area contributed by atoms with Crippen molar-refractivity contribution in [3.05, 3.63) is 57.8 Å². The van der Waals surface area contributed by atoms with Crippen LogP contribution in [0.4, 0.5) is 0 Å². The second-order valence-corrected chi connectivity index (χ2v) is 7.36. The molecule has 146 valence electrons. The van der Waals surface area contributed by atoms with Crippen molar-refractivity contribution in [3.63, 3.8) is 0 Å². The molecule has 1 heterocycles. The lowest BCUT2D eigenvalue weighted by atomic mass is 10.2. The van der Waals surface area contributed by atoms with Crippen molar-refractivity contribution in [3.8, 4) is 11.4 Å². The number of ether oxygens (including phenoxy) is 1. The summed E-state index contributed by atoms with van der Waals surface area (Å²) in [5.74, 6) is 0.572. The topological polar surface area (TPSA) is 73.2 Å². The molecule has 0 aliphatic rings. The molecular formula is C20H20ClN3O3S. The summed E-state index contributed by atoms with van der Waals surface area (Å²) >= 11 is 7.47. The molecule has 1 N–H and O–H groups in total. The Bertz CT molecular complexity index is 1070. The SMILES string of the molecule is CCCNC(=O)CSc1nc2ccccc2c(=O)n1-c1ccc(OC)c(Cl)c1. The maximum absolute atomic E-state index is 13.2. The van der Waals surface area contributed by atoms with E-state index in [-0.39, 0.29) is 17.2 Å². The molecule has 0 aliphatic carbocycles. The molecule has 28 heavy (non-hydrogen) atoms. The van der Waals surface area contributed by atoms with E-state index in [1.54, 1.807) is 36.4 Å². The van der Waals surface area contributed by atoms with E-state index >= 15 is 0 Å². The predicted octanol–water partition coefficient (Wildman–Crippen LogP) is 3.67. The lowest BCUT2D eigenvalue weighted by molar-refractivity contribution is -0.118. The highest BCUT2D eigenvalue weighted by Crippen LogP contribution is 2.28. The third-order valence-corrected chi connectivity index (χ3v) is 5.28. The van der Waals surface area contributed by atoms with Crippen molar-refractivity contribution in [1.29, 1.82) is 0 Å². The van der Waals surface area contributed by atoms with E-state index in [0.29, 0.717) is 39.1 Å². The predicted molar refractivity (Wildman–Crippen MR) is 113 cm³/mol. The summed E-state index contributed by atoms with van der Waals surface area (Å²) in [7, 11) is 1.53. The number of amides is 1. The van der Waals surface area contributed by atoms with Gasteiger partial charge in [-0.25, -0.2) is 4.98 Å². The largest absolute Gasteiger partial charge is 0.495 e. The summed E-state index contributed by atoms with van der Waals surface area (Å²) in [6.45, 7) is 2.61. The van der Waals surface area contributed by atoms with Gasteiger partial charge in [0.05, 0.1) is 34.5 Å². The minimum atomic E-state index is -0.219. The smallest absolute Gasteiger partial charge is 0.266 e. The quantitative estimate of drug-likeness (QED) is 0.469. The number of aromatic nitrogens is 2. The summed E-state index contributed by atoms with van der Waals surface area (Å²) in [6.07, 6.45) is 0.861. The first-order chi connectivity index (χ1) is 13.5. The number of methoxy groups -OCH3 is 1. The summed E-state index contributed by atoms with van der Waals surface area (Å²) in [5.41, 5.74) is 0.925. The number of hydrogen-bond acceptors (Lipinski definition) is 5. The zero-order valence-corrected chi connectivity index (χ0v) is 17.1. The Balaban J connectivity index is 2.08. The van der Waals surface area contributed by atoms with Gasteiger partial charge in [0.15, 0.2) is 5.16 Å². The molecule has 1 aromatic heterocycles. The van der Waals surface area contributed by atoms with E-state index in [4.69, 9.17) is 16.3 Å². The number of hydrogen-bond donors (Lipinski definition) is 1.